The van der Waals surface area contributed by atoms with Gasteiger partial charge in [0.15, 0.2) is 0 Å². The number of hydrogen-bond acceptors (Lipinski definition) is 3. The second-order valence-electron chi connectivity index (χ2n) is 8.96. The molecule has 2 saturated carbocycles. The Morgan fingerprint density at radius 2 is 1.72 bits per heavy atom. The number of nitrogens with zero attached hydrogens (tertiary/aromatic N) is 3. The summed E-state index contributed by atoms with van der Waals surface area (Å²) in [7, 11) is -1.75. The Morgan fingerprint density at radius 3 is 2.34 bits per heavy atom. The van der Waals surface area contributed by atoms with Crippen LogP contribution in [0.25, 0.3) is 6.08 Å². The summed E-state index contributed by atoms with van der Waals surface area (Å²) >= 11 is 0. The van der Waals surface area contributed by atoms with Crippen LogP contribution >= 0.6 is 0 Å². The zero-order valence-electron chi connectivity index (χ0n) is 18.8. The first kappa shape index (κ1) is 22.8. The molecule has 2 aliphatic rings. The van der Waals surface area contributed by atoms with E-state index in [1.54, 1.807) is 6.08 Å². The summed E-state index contributed by atoms with van der Waals surface area (Å²) in [6.07, 6.45) is 10.3. The topological polar surface area (TPSA) is 62.6 Å². The number of aryl methyl sites for hydroxylation is 1. The molecule has 2 aromatic rings. The minimum Gasteiger partial charge on any atom is -0.353 e. The second-order valence-corrected chi connectivity index (χ2v) is 10.7. The van der Waals surface area contributed by atoms with Gasteiger partial charge in [0.1, 0.15) is 0 Å². The number of sulfonamides is 1. The number of benzene rings is 1. The summed E-state index contributed by atoms with van der Waals surface area (Å²) in [5, 5.41) is 1.27. The fourth-order valence-corrected chi connectivity index (χ4v) is 5.87. The van der Waals surface area contributed by atoms with Crippen LogP contribution in [-0.4, -0.2) is 46.7 Å². The van der Waals surface area contributed by atoms with Crippen molar-refractivity contribution in [3.63, 3.8) is 0 Å². The van der Waals surface area contributed by atoms with Crippen molar-refractivity contribution in [2.45, 2.75) is 63.6 Å². The molecule has 0 N–H and O–H groups in total. The molecule has 0 atom stereocenters. The number of amides is 1. The van der Waals surface area contributed by atoms with Crippen LogP contribution in [-0.2, 0) is 28.4 Å². The van der Waals surface area contributed by atoms with E-state index in [2.05, 4.69) is 0 Å². The van der Waals surface area contributed by atoms with Gasteiger partial charge in [0, 0.05) is 36.4 Å². The molecule has 0 saturated heterocycles. The fourth-order valence-electron chi connectivity index (χ4n) is 4.47. The first-order valence-electron chi connectivity index (χ1n) is 11.6. The standard InChI is InChI=1S/C25H33N3O3S/c1-26-17-8-13-24(26)19-27(22-14-15-22)25(29)20-28(23-11-6-3-7-12-23)32(30,31)18-16-21-9-4-2-5-10-21/h2,4-5,8-10,13,16-18,22-23H,3,6-7,11-12,14-15,19-20H2,1H3. The number of carbonyl (C=O) groups is 1. The predicted molar refractivity (Wildman–Crippen MR) is 127 cm³/mol. The third-order valence-corrected chi connectivity index (χ3v) is 8.08. The Kier molecular flexibility index (Phi) is 7.16. The second kappa shape index (κ2) is 10.0. The number of aromatic nitrogens is 1. The summed E-state index contributed by atoms with van der Waals surface area (Å²) in [4.78, 5) is 15.3. The quantitative estimate of drug-likeness (QED) is 0.571. The maximum Gasteiger partial charge on any atom is 0.238 e. The van der Waals surface area contributed by atoms with E-state index in [-0.39, 0.29) is 24.5 Å². The maximum atomic E-state index is 13.4. The first-order chi connectivity index (χ1) is 15.4. The highest BCUT2D eigenvalue weighted by Gasteiger charge is 2.37. The predicted octanol–water partition coefficient (Wildman–Crippen LogP) is 4.15. The molecule has 0 unspecified atom stereocenters. The van der Waals surface area contributed by atoms with Crippen LogP contribution in [0, 0.1) is 0 Å². The van der Waals surface area contributed by atoms with Gasteiger partial charge in [0.2, 0.25) is 15.9 Å². The normalized spacial score (nSPS) is 17.8. The van der Waals surface area contributed by atoms with E-state index in [4.69, 9.17) is 0 Å². The van der Waals surface area contributed by atoms with E-state index in [1.807, 2.05) is 65.2 Å². The summed E-state index contributed by atoms with van der Waals surface area (Å²) in [6.45, 7) is 0.429. The van der Waals surface area contributed by atoms with Crippen molar-refractivity contribution in [2.75, 3.05) is 6.54 Å². The van der Waals surface area contributed by atoms with Gasteiger partial charge in [-0.2, -0.15) is 4.31 Å². The molecule has 32 heavy (non-hydrogen) atoms. The molecular formula is C25H33N3O3S. The lowest BCUT2D eigenvalue weighted by atomic mass is 9.95. The zero-order valence-corrected chi connectivity index (χ0v) is 19.6. The van der Waals surface area contributed by atoms with E-state index < -0.39 is 10.0 Å². The van der Waals surface area contributed by atoms with E-state index >= 15 is 0 Å². The molecule has 172 valence electrons. The third-order valence-electron chi connectivity index (χ3n) is 6.52. The van der Waals surface area contributed by atoms with Crippen molar-refractivity contribution in [1.29, 1.82) is 0 Å². The Hall–Kier alpha value is -2.38. The maximum absolute atomic E-state index is 13.4. The van der Waals surface area contributed by atoms with Crippen molar-refractivity contribution < 1.29 is 13.2 Å². The van der Waals surface area contributed by atoms with Crippen LogP contribution in [0.2, 0.25) is 0 Å². The van der Waals surface area contributed by atoms with Gasteiger partial charge >= 0.3 is 0 Å². The largest absolute Gasteiger partial charge is 0.353 e. The lowest BCUT2D eigenvalue weighted by Crippen LogP contribution is -2.48. The lowest BCUT2D eigenvalue weighted by Gasteiger charge is -2.34. The molecule has 0 aliphatic heterocycles. The van der Waals surface area contributed by atoms with Gasteiger partial charge in [-0.1, -0.05) is 49.6 Å². The fraction of sp³-hybridized carbons (Fsp3) is 0.480. The SMILES string of the molecule is Cn1cccc1CN(C(=O)CN(C1CCCCC1)S(=O)(=O)C=Cc1ccccc1)C1CC1. The van der Waals surface area contributed by atoms with Crippen LogP contribution in [0.5, 0.6) is 0 Å². The number of carbonyl (C=O) groups excluding carboxylic acids is 1. The van der Waals surface area contributed by atoms with E-state index in [0.29, 0.717) is 6.54 Å². The number of hydrogen-bond donors (Lipinski definition) is 0. The van der Waals surface area contributed by atoms with E-state index in [9.17, 15) is 13.2 Å². The van der Waals surface area contributed by atoms with E-state index in [1.165, 1.54) is 9.71 Å². The molecule has 0 bridgehead atoms. The van der Waals surface area contributed by atoms with Crippen LogP contribution in [0.3, 0.4) is 0 Å². The van der Waals surface area contributed by atoms with Crippen LogP contribution in [0.1, 0.15) is 56.2 Å². The molecule has 1 aromatic heterocycles. The van der Waals surface area contributed by atoms with Gasteiger partial charge in [0.25, 0.3) is 0 Å². The van der Waals surface area contributed by atoms with Crippen molar-refractivity contribution in [3.05, 3.63) is 65.3 Å². The molecular weight excluding hydrogens is 422 g/mol. The first-order valence-corrected chi connectivity index (χ1v) is 13.1. The van der Waals surface area contributed by atoms with Gasteiger partial charge in [-0.25, -0.2) is 8.42 Å². The van der Waals surface area contributed by atoms with Gasteiger partial charge in [-0.15, -0.1) is 0 Å². The third kappa shape index (κ3) is 5.70. The van der Waals surface area contributed by atoms with Crippen molar-refractivity contribution in [2.24, 2.45) is 7.05 Å². The molecule has 1 amide bonds. The molecule has 1 heterocycles. The smallest absolute Gasteiger partial charge is 0.238 e. The van der Waals surface area contributed by atoms with Crippen molar-refractivity contribution in [3.8, 4) is 0 Å². The summed E-state index contributed by atoms with van der Waals surface area (Å²) in [5.74, 6) is -0.101. The molecule has 1 aromatic carbocycles. The molecule has 4 rings (SSSR count). The molecule has 2 aliphatic carbocycles. The Labute approximate surface area is 191 Å². The molecule has 0 spiro atoms. The highest BCUT2D eigenvalue weighted by molar-refractivity contribution is 7.92. The Morgan fingerprint density at radius 1 is 1.00 bits per heavy atom. The van der Waals surface area contributed by atoms with Gasteiger partial charge < -0.3 is 9.47 Å². The van der Waals surface area contributed by atoms with Crippen molar-refractivity contribution in [1.82, 2.24) is 13.8 Å². The van der Waals surface area contributed by atoms with Crippen LogP contribution in [0.4, 0.5) is 0 Å². The average molecular weight is 456 g/mol. The molecule has 6 nitrogen and oxygen atoms in total. The van der Waals surface area contributed by atoms with Gasteiger partial charge in [-0.3, -0.25) is 4.79 Å². The van der Waals surface area contributed by atoms with Crippen molar-refractivity contribution >= 4 is 22.0 Å². The highest BCUT2D eigenvalue weighted by atomic mass is 32.2. The van der Waals surface area contributed by atoms with Crippen LogP contribution < -0.4 is 0 Å². The zero-order chi connectivity index (χ0) is 22.6. The van der Waals surface area contributed by atoms with E-state index in [0.717, 1.165) is 56.2 Å². The highest BCUT2D eigenvalue weighted by Crippen LogP contribution is 2.30. The lowest BCUT2D eigenvalue weighted by molar-refractivity contribution is -0.133. The van der Waals surface area contributed by atoms with Crippen LogP contribution in [0.15, 0.2) is 54.1 Å². The minimum absolute atomic E-state index is 0.0902. The molecule has 7 heteroatoms. The van der Waals surface area contributed by atoms with Gasteiger partial charge in [-0.05, 0) is 49.5 Å². The number of rotatable bonds is 9. The minimum atomic E-state index is -3.72. The summed E-state index contributed by atoms with van der Waals surface area (Å²) in [5.41, 5.74) is 1.88. The Bertz CT molecular complexity index is 1040. The summed E-state index contributed by atoms with van der Waals surface area (Å²) < 4.78 is 30.2. The average Bonchev–Trinajstić information content (AvgIpc) is 3.57. The summed E-state index contributed by atoms with van der Waals surface area (Å²) in [6, 6.07) is 13.5. The molecule has 0 radical (unpaired) electrons. The monoisotopic (exact) mass is 455 g/mol. The van der Waals surface area contributed by atoms with Gasteiger partial charge in [0.05, 0.1) is 13.1 Å². The Balaban J connectivity index is 1.55. The molecule has 2 fully saturated rings.